The first-order chi connectivity index (χ1) is 9.33. The predicted molar refractivity (Wildman–Crippen MR) is 71.1 cm³/mol. The number of carbonyl (C=O) groups excluding carboxylic acids is 2. The van der Waals surface area contributed by atoms with E-state index in [2.05, 4.69) is 5.43 Å². The third-order valence-electron chi connectivity index (χ3n) is 2.70. The van der Waals surface area contributed by atoms with E-state index in [9.17, 15) is 14.2 Å². The SMILES string of the molecule is CCOP(=O)(C[C@H]1[C@H](C)OC(=O)N1NC(C)=O)OCC. The van der Waals surface area contributed by atoms with E-state index >= 15 is 0 Å². The first-order valence-corrected chi connectivity index (χ1v) is 8.21. The molecular formula is C11H21N2O6P. The Morgan fingerprint density at radius 2 is 1.95 bits per heavy atom. The fourth-order valence-electron chi connectivity index (χ4n) is 1.93. The van der Waals surface area contributed by atoms with Gasteiger partial charge in [-0.05, 0) is 20.8 Å². The first-order valence-electron chi connectivity index (χ1n) is 6.48. The number of hydrogen-bond acceptors (Lipinski definition) is 6. The van der Waals surface area contributed by atoms with E-state index in [0.717, 1.165) is 5.01 Å². The van der Waals surface area contributed by atoms with Crippen molar-refractivity contribution in [3.63, 3.8) is 0 Å². The van der Waals surface area contributed by atoms with Crippen LogP contribution in [0.1, 0.15) is 27.7 Å². The predicted octanol–water partition coefficient (Wildman–Crippen LogP) is 1.51. The molecule has 0 radical (unpaired) electrons. The standard InChI is InChI=1S/C11H21N2O6P/c1-5-17-20(16,18-6-2)7-10-8(3)19-11(15)13(10)12-9(4)14/h8,10H,5-7H2,1-4H3,(H,12,14)/t8-,10-/m0/s1. The first kappa shape index (κ1) is 16.9. The monoisotopic (exact) mass is 308 g/mol. The molecule has 1 aliphatic heterocycles. The Morgan fingerprint density at radius 1 is 1.40 bits per heavy atom. The van der Waals surface area contributed by atoms with Crippen molar-refractivity contribution in [1.82, 2.24) is 10.4 Å². The van der Waals surface area contributed by atoms with Crippen LogP contribution in [0.2, 0.25) is 0 Å². The Balaban J connectivity index is 2.87. The summed E-state index contributed by atoms with van der Waals surface area (Å²) in [5, 5.41) is 1.04. The highest BCUT2D eigenvalue weighted by Crippen LogP contribution is 2.50. The molecule has 0 saturated carbocycles. The topological polar surface area (TPSA) is 94.2 Å². The zero-order valence-electron chi connectivity index (χ0n) is 12.1. The molecule has 2 amide bonds. The Hall–Kier alpha value is -1.11. The summed E-state index contributed by atoms with van der Waals surface area (Å²) in [6, 6.07) is -0.602. The number of hydrazine groups is 1. The molecule has 1 heterocycles. The number of ether oxygens (including phenoxy) is 1. The van der Waals surface area contributed by atoms with Gasteiger partial charge in [-0.1, -0.05) is 0 Å². The summed E-state index contributed by atoms with van der Waals surface area (Å²) in [5.74, 6) is -0.413. The number of hydrogen-bond donors (Lipinski definition) is 1. The van der Waals surface area contributed by atoms with E-state index in [1.165, 1.54) is 6.92 Å². The molecule has 1 fully saturated rings. The third kappa shape index (κ3) is 4.19. The summed E-state index contributed by atoms with van der Waals surface area (Å²) in [6.45, 7) is 6.80. The number of nitrogens with one attached hydrogen (secondary N) is 1. The molecule has 0 aliphatic carbocycles. The van der Waals surface area contributed by atoms with Gasteiger partial charge in [-0.3, -0.25) is 14.8 Å². The summed E-state index contributed by atoms with van der Waals surface area (Å²) >= 11 is 0. The van der Waals surface area contributed by atoms with Crippen LogP contribution in [0.15, 0.2) is 0 Å². The van der Waals surface area contributed by atoms with Gasteiger partial charge in [-0.25, -0.2) is 9.80 Å². The van der Waals surface area contributed by atoms with Gasteiger partial charge in [0.1, 0.15) is 12.1 Å². The Bertz CT molecular complexity index is 406. The Labute approximate surface area is 118 Å². The fourth-order valence-corrected chi connectivity index (χ4v) is 3.92. The highest BCUT2D eigenvalue weighted by Gasteiger charge is 2.45. The summed E-state index contributed by atoms with van der Waals surface area (Å²) in [7, 11) is -3.34. The summed E-state index contributed by atoms with van der Waals surface area (Å²) < 4.78 is 27.9. The lowest BCUT2D eigenvalue weighted by Gasteiger charge is -2.26. The second-order valence-electron chi connectivity index (χ2n) is 4.32. The number of nitrogens with zero attached hydrogens (tertiary/aromatic N) is 1. The zero-order valence-corrected chi connectivity index (χ0v) is 13.0. The highest BCUT2D eigenvalue weighted by atomic mass is 31.2. The molecule has 0 spiro atoms. The van der Waals surface area contributed by atoms with Gasteiger partial charge in [0, 0.05) is 6.92 Å². The van der Waals surface area contributed by atoms with Crippen LogP contribution in [0.3, 0.4) is 0 Å². The van der Waals surface area contributed by atoms with Crippen molar-refractivity contribution in [3.8, 4) is 0 Å². The zero-order chi connectivity index (χ0) is 15.3. The molecule has 8 nitrogen and oxygen atoms in total. The van der Waals surface area contributed by atoms with Crippen LogP contribution in [-0.2, 0) is 23.1 Å². The number of cyclic esters (lactones) is 1. The van der Waals surface area contributed by atoms with Crippen LogP contribution >= 0.6 is 7.60 Å². The van der Waals surface area contributed by atoms with Gasteiger partial charge >= 0.3 is 13.7 Å². The quantitative estimate of drug-likeness (QED) is 0.716. The second kappa shape index (κ2) is 7.06. The normalized spacial score (nSPS) is 22.8. The lowest BCUT2D eigenvalue weighted by Crippen LogP contribution is -2.49. The molecule has 1 saturated heterocycles. The fraction of sp³-hybridized carbons (Fsp3) is 0.818. The average Bonchev–Trinajstić information content (AvgIpc) is 2.56. The maximum Gasteiger partial charge on any atom is 0.429 e. The molecule has 0 aromatic heterocycles. The van der Waals surface area contributed by atoms with Crippen LogP contribution in [0.25, 0.3) is 0 Å². The average molecular weight is 308 g/mol. The number of carbonyl (C=O) groups is 2. The van der Waals surface area contributed by atoms with Crippen molar-refractivity contribution in [3.05, 3.63) is 0 Å². The minimum atomic E-state index is -3.34. The van der Waals surface area contributed by atoms with E-state index in [1.54, 1.807) is 20.8 Å². The molecule has 0 unspecified atom stereocenters. The van der Waals surface area contributed by atoms with Crippen molar-refractivity contribution in [2.75, 3.05) is 19.4 Å². The maximum atomic E-state index is 12.5. The Kier molecular flexibility index (Phi) is 5.98. The van der Waals surface area contributed by atoms with Crippen LogP contribution < -0.4 is 5.43 Å². The second-order valence-corrected chi connectivity index (χ2v) is 6.43. The van der Waals surface area contributed by atoms with Gasteiger partial charge in [-0.2, -0.15) is 0 Å². The van der Waals surface area contributed by atoms with Gasteiger partial charge in [0.05, 0.1) is 19.4 Å². The van der Waals surface area contributed by atoms with Crippen molar-refractivity contribution < 1.29 is 27.9 Å². The van der Waals surface area contributed by atoms with E-state index in [1.807, 2.05) is 0 Å². The van der Waals surface area contributed by atoms with Crippen LogP contribution in [0, 0.1) is 0 Å². The summed E-state index contributed by atoms with van der Waals surface area (Å²) in [6.07, 6.45) is -1.25. The smallest absolute Gasteiger partial charge is 0.429 e. The van der Waals surface area contributed by atoms with Gasteiger partial charge in [0.15, 0.2) is 0 Å². The van der Waals surface area contributed by atoms with E-state index in [0.29, 0.717) is 0 Å². The molecule has 116 valence electrons. The minimum Gasteiger partial charge on any atom is -0.443 e. The number of amides is 2. The molecule has 1 N–H and O–H groups in total. The van der Waals surface area contributed by atoms with Crippen molar-refractivity contribution in [1.29, 1.82) is 0 Å². The third-order valence-corrected chi connectivity index (χ3v) is 4.82. The lowest BCUT2D eigenvalue weighted by molar-refractivity contribution is -0.122. The van der Waals surface area contributed by atoms with Crippen LogP contribution in [0.4, 0.5) is 4.79 Å². The summed E-state index contributed by atoms with van der Waals surface area (Å²) in [5.41, 5.74) is 2.37. The molecule has 1 rings (SSSR count). The molecule has 0 aromatic carbocycles. The highest BCUT2D eigenvalue weighted by molar-refractivity contribution is 7.53. The molecular weight excluding hydrogens is 287 g/mol. The molecule has 9 heteroatoms. The van der Waals surface area contributed by atoms with E-state index in [-0.39, 0.29) is 19.4 Å². The van der Waals surface area contributed by atoms with Gasteiger partial charge in [-0.15, -0.1) is 0 Å². The molecule has 20 heavy (non-hydrogen) atoms. The van der Waals surface area contributed by atoms with E-state index < -0.39 is 31.7 Å². The number of rotatable bonds is 7. The van der Waals surface area contributed by atoms with Gasteiger partial charge in [0.2, 0.25) is 5.91 Å². The Morgan fingerprint density at radius 3 is 2.40 bits per heavy atom. The minimum absolute atomic E-state index is 0.0398. The summed E-state index contributed by atoms with van der Waals surface area (Å²) in [4.78, 5) is 22.8. The lowest BCUT2D eigenvalue weighted by atomic mass is 10.2. The van der Waals surface area contributed by atoms with Crippen molar-refractivity contribution >= 4 is 19.6 Å². The maximum absolute atomic E-state index is 12.5. The van der Waals surface area contributed by atoms with Crippen molar-refractivity contribution in [2.24, 2.45) is 0 Å². The van der Waals surface area contributed by atoms with Gasteiger partial charge in [0.25, 0.3) is 0 Å². The molecule has 0 bridgehead atoms. The van der Waals surface area contributed by atoms with Gasteiger partial charge < -0.3 is 13.8 Å². The van der Waals surface area contributed by atoms with E-state index in [4.69, 9.17) is 13.8 Å². The van der Waals surface area contributed by atoms with Crippen LogP contribution in [0.5, 0.6) is 0 Å². The van der Waals surface area contributed by atoms with Crippen molar-refractivity contribution in [2.45, 2.75) is 39.8 Å². The van der Waals surface area contributed by atoms with Crippen LogP contribution in [-0.4, -0.2) is 48.5 Å². The largest absolute Gasteiger partial charge is 0.443 e. The molecule has 1 aliphatic rings. The molecule has 0 aromatic rings. The molecule has 2 atom stereocenters.